The first-order chi connectivity index (χ1) is 20.4. The molecular formula is C32H37N7O3S. The molecule has 0 bridgehead atoms. The second-order valence-electron chi connectivity index (χ2n) is 12.4. The molecule has 43 heavy (non-hydrogen) atoms. The van der Waals surface area contributed by atoms with Gasteiger partial charge < -0.3 is 15.0 Å². The van der Waals surface area contributed by atoms with Gasteiger partial charge in [0.25, 0.3) is 0 Å². The minimum Gasteiger partial charge on any atom is -0.444 e. The third-order valence-corrected chi connectivity index (χ3v) is 7.83. The molecule has 1 aliphatic heterocycles. The van der Waals surface area contributed by atoms with E-state index >= 15 is 0 Å². The average molecular weight is 600 g/mol. The maximum atomic E-state index is 12.4. The van der Waals surface area contributed by atoms with Crippen LogP contribution in [0.3, 0.4) is 0 Å². The number of ether oxygens (including phenoxy) is 1. The van der Waals surface area contributed by atoms with E-state index in [9.17, 15) is 9.00 Å². The first-order valence-electron chi connectivity index (χ1n) is 14.5. The van der Waals surface area contributed by atoms with Crippen LogP contribution < -0.4 is 5.32 Å². The number of nitrogens with zero attached hydrogens (tertiary/aromatic N) is 6. The van der Waals surface area contributed by atoms with E-state index in [1.165, 1.54) is 5.57 Å². The molecule has 1 fully saturated rings. The highest BCUT2D eigenvalue weighted by Gasteiger charge is 2.29. The summed E-state index contributed by atoms with van der Waals surface area (Å²) in [7, 11) is -2.34. The van der Waals surface area contributed by atoms with Crippen LogP contribution in [0.4, 0.5) is 22.2 Å². The fourth-order valence-electron chi connectivity index (χ4n) is 5.12. The molecule has 10 nitrogen and oxygen atoms in total. The van der Waals surface area contributed by atoms with Crippen molar-refractivity contribution in [3.8, 4) is 5.82 Å². The third kappa shape index (κ3) is 6.88. The van der Waals surface area contributed by atoms with Gasteiger partial charge in [-0.05, 0) is 87.4 Å². The Morgan fingerprint density at radius 2 is 1.86 bits per heavy atom. The maximum Gasteiger partial charge on any atom is 0.410 e. The van der Waals surface area contributed by atoms with Crippen LogP contribution in [0.2, 0.25) is 0 Å². The van der Waals surface area contributed by atoms with E-state index in [-0.39, 0.29) is 6.09 Å². The molecule has 1 aliphatic carbocycles. The number of hydrogen-bond donors (Lipinski definition) is 1. The molecule has 0 radical (unpaired) electrons. The number of amides is 1. The van der Waals surface area contributed by atoms with Crippen molar-refractivity contribution in [1.29, 1.82) is 0 Å². The lowest BCUT2D eigenvalue weighted by Crippen LogP contribution is -2.39. The van der Waals surface area contributed by atoms with Crippen molar-refractivity contribution in [1.82, 2.24) is 24.4 Å². The maximum absolute atomic E-state index is 12.4. The molecule has 0 saturated heterocycles. The van der Waals surface area contributed by atoms with Crippen molar-refractivity contribution >= 4 is 49.9 Å². The van der Waals surface area contributed by atoms with Gasteiger partial charge in [-0.25, -0.2) is 19.0 Å². The van der Waals surface area contributed by atoms with Gasteiger partial charge in [0.05, 0.1) is 0 Å². The van der Waals surface area contributed by atoms with Crippen molar-refractivity contribution in [2.75, 3.05) is 30.9 Å². The lowest BCUT2D eigenvalue weighted by atomic mass is 9.99. The Morgan fingerprint density at radius 1 is 1.09 bits per heavy atom. The van der Waals surface area contributed by atoms with Gasteiger partial charge in [0.1, 0.15) is 11.4 Å². The largest absolute Gasteiger partial charge is 0.444 e. The summed E-state index contributed by atoms with van der Waals surface area (Å²) < 4.78 is 24.2. The molecule has 4 heterocycles. The van der Waals surface area contributed by atoms with Gasteiger partial charge in [0.2, 0.25) is 5.95 Å². The molecule has 0 unspecified atom stereocenters. The number of hydrogen-bond acceptors (Lipinski definition) is 8. The Hall–Kier alpha value is -4.25. The molecule has 1 amide bonds. The number of fused-ring (bicyclic) bond motifs is 1. The fourth-order valence-corrected chi connectivity index (χ4v) is 5.68. The van der Waals surface area contributed by atoms with E-state index in [0.717, 1.165) is 47.2 Å². The predicted molar refractivity (Wildman–Crippen MR) is 171 cm³/mol. The van der Waals surface area contributed by atoms with Crippen LogP contribution in [0.15, 0.2) is 65.2 Å². The van der Waals surface area contributed by atoms with Crippen molar-refractivity contribution in [2.45, 2.75) is 51.6 Å². The standard InChI is InChI=1S/C32H37N7O3S/c1-32(2,3)42-31(40)38-17-15-22(16-18-38)21-11-13-25(14-12-21)34-30-33-20-24-19-26(23-9-10-23)39(29(24)36-30)28-8-6-7-27(35-28)37-43(4,5)41/h6-8,11-15,19-20,23H,9-10,16-18H2,1-5H3,(H,33,34,36). The van der Waals surface area contributed by atoms with E-state index in [4.69, 9.17) is 14.7 Å². The number of carbonyl (C=O) groups excluding carboxylic acids is 1. The topological polar surface area (TPSA) is 115 Å². The van der Waals surface area contributed by atoms with Gasteiger partial charge in [0, 0.05) is 58.3 Å². The van der Waals surface area contributed by atoms with Crippen LogP contribution in [0.5, 0.6) is 0 Å². The van der Waals surface area contributed by atoms with Gasteiger partial charge >= 0.3 is 6.09 Å². The molecule has 4 aromatic rings. The second-order valence-corrected chi connectivity index (χ2v) is 14.9. The van der Waals surface area contributed by atoms with E-state index in [0.29, 0.717) is 36.6 Å². The van der Waals surface area contributed by atoms with Crippen LogP contribution in [-0.2, 0) is 14.5 Å². The van der Waals surface area contributed by atoms with E-state index in [2.05, 4.69) is 43.5 Å². The lowest BCUT2D eigenvalue weighted by molar-refractivity contribution is 0.0270. The first kappa shape index (κ1) is 28.9. The second kappa shape index (κ2) is 11.1. The highest BCUT2D eigenvalue weighted by atomic mass is 32.2. The Labute approximate surface area is 252 Å². The zero-order valence-electron chi connectivity index (χ0n) is 25.2. The molecule has 0 spiro atoms. The Kier molecular flexibility index (Phi) is 7.45. The summed E-state index contributed by atoms with van der Waals surface area (Å²) in [6.07, 6.45) is 9.87. The molecule has 3 aromatic heterocycles. The summed E-state index contributed by atoms with van der Waals surface area (Å²) in [6, 6.07) is 15.9. The van der Waals surface area contributed by atoms with Crippen LogP contribution in [0.25, 0.3) is 22.4 Å². The lowest BCUT2D eigenvalue weighted by Gasteiger charge is -2.29. The van der Waals surface area contributed by atoms with E-state index < -0.39 is 15.3 Å². The van der Waals surface area contributed by atoms with Crippen molar-refractivity contribution in [3.05, 3.63) is 72.1 Å². The third-order valence-electron chi connectivity index (χ3n) is 7.20. The highest BCUT2D eigenvalue weighted by Crippen LogP contribution is 2.43. The minimum absolute atomic E-state index is 0.277. The van der Waals surface area contributed by atoms with Crippen molar-refractivity contribution in [2.24, 2.45) is 4.36 Å². The minimum atomic E-state index is -2.34. The first-order valence-corrected chi connectivity index (χ1v) is 16.8. The summed E-state index contributed by atoms with van der Waals surface area (Å²) >= 11 is 0. The van der Waals surface area contributed by atoms with Crippen LogP contribution in [0, 0.1) is 0 Å². The van der Waals surface area contributed by atoms with Gasteiger partial charge in [0.15, 0.2) is 11.5 Å². The number of nitrogens with one attached hydrogen (secondary N) is 1. The SMILES string of the molecule is CC(C)(C)OC(=O)N1CC=C(c2ccc(Nc3ncc4cc(C5CC5)n(-c5cccc(N=S(C)(C)=O)n5)c4n3)cc2)CC1. The summed E-state index contributed by atoms with van der Waals surface area (Å²) in [5.74, 6) is 2.07. The smallest absolute Gasteiger partial charge is 0.410 e. The normalized spacial score (nSPS) is 15.7. The number of carbonyl (C=O) groups is 1. The molecule has 1 N–H and O–H groups in total. The number of anilines is 2. The summed E-state index contributed by atoms with van der Waals surface area (Å²) in [5, 5.41) is 4.28. The van der Waals surface area contributed by atoms with Crippen molar-refractivity contribution < 1.29 is 13.7 Å². The average Bonchev–Trinajstić information content (AvgIpc) is 3.72. The molecule has 1 aromatic carbocycles. The molecule has 224 valence electrons. The molecule has 11 heteroatoms. The molecule has 1 saturated carbocycles. The van der Waals surface area contributed by atoms with Gasteiger partial charge in [-0.15, -0.1) is 0 Å². The van der Waals surface area contributed by atoms with Gasteiger partial charge in [-0.3, -0.25) is 4.57 Å². The Balaban J connectivity index is 1.22. The zero-order valence-corrected chi connectivity index (χ0v) is 26.0. The van der Waals surface area contributed by atoms with E-state index in [1.807, 2.05) is 51.2 Å². The number of pyridine rings is 1. The van der Waals surface area contributed by atoms with Crippen LogP contribution >= 0.6 is 0 Å². The number of benzene rings is 1. The number of aromatic nitrogens is 4. The van der Waals surface area contributed by atoms with E-state index in [1.54, 1.807) is 23.5 Å². The summed E-state index contributed by atoms with van der Waals surface area (Å²) in [5.41, 5.74) is 4.60. The number of rotatable bonds is 6. The van der Waals surface area contributed by atoms with Gasteiger partial charge in [-0.1, -0.05) is 24.3 Å². The highest BCUT2D eigenvalue weighted by molar-refractivity contribution is 7.92. The summed E-state index contributed by atoms with van der Waals surface area (Å²) in [4.78, 5) is 28.3. The van der Waals surface area contributed by atoms with Crippen LogP contribution in [0.1, 0.15) is 57.2 Å². The quantitative estimate of drug-likeness (QED) is 0.259. The Morgan fingerprint density at radius 3 is 2.51 bits per heavy atom. The molecule has 6 rings (SSSR count). The monoisotopic (exact) mass is 599 g/mol. The molecular weight excluding hydrogens is 562 g/mol. The Bertz CT molecular complexity index is 1840. The van der Waals surface area contributed by atoms with Crippen molar-refractivity contribution in [3.63, 3.8) is 0 Å². The molecule has 2 aliphatic rings. The predicted octanol–water partition coefficient (Wildman–Crippen LogP) is 6.82. The molecule has 0 atom stereocenters. The summed E-state index contributed by atoms with van der Waals surface area (Å²) in [6.45, 7) is 6.79. The van der Waals surface area contributed by atoms with Crippen LogP contribution in [-0.4, -0.2) is 65.9 Å². The van der Waals surface area contributed by atoms with Gasteiger partial charge in [-0.2, -0.15) is 9.35 Å². The zero-order chi connectivity index (χ0) is 30.4. The fraction of sp³-hybridized carbons (Fsp3) is 0.375.